The highest BCUT2D eigenvalue weighted by Crippen LogP contribution is 2.29. The number of methoxy groups -OCH3 is 1. The van der Waals surface area contributed by atoms with E-state index < -0.39 is 5.91 Å². The van der Waals surface area contributed by atoms with Gasteiger partial charge in [0.1, 0.15) is 0 Å². The number of amides is 2. The molecule has 0 aliphatic carbocycles. The number of hydrogen-bond donors (Lipinski definition) is 1. The lowest BCUT2D eigenvalue weighted by molar-refractivity contribution is -0.119. The van der Waals surface area contributed by atoms with Crippen molar-refractivity contribution in [3.05, 3.63) is 57.6 Å². The molecule has 0 aromatic heterocycles. The maximum Gasteiger partial charge on any atom is 0.255 e. The Morgan fingerprint density at radius 2 is 1.79 bits per heavy atom. The molecule has 28 heavy (non-hydrogen) atoms. The third-order valence-corrected chi connectivity index (χ3v) is 4.74. The first-order valence-corrected chi connectivity index (χ1v) is 9.32. The highest BCUT2D eigenvalue weighted by molar-refractivity contribution is 6.42. The van der Waals surface area contributed by atoms with Gasteiger partial charge in [-0.2, -0.15) is 0 Å². The van der Waals surface area contributed by atoms with Crippen molar-refractivity contribution in [2.24, 2.45) is 5.73 Å². The van der Waals surface area contributed by atoms with Gasteiger partial charge in [-0.3, -0.25) is 9.59 Å². The number of ether oxygens (including phenoxy) is 2. The van der Waals surface area contributed by atoms with Crippen LogP contribution in [0.4, 0.5) is 0 Å². The summed E-state index contributed by atoms with van der Waals surface area (Å²) < 4.78 is 10.6. The largest absolute Gasteiger partial charge is 0.493 e. The Bertz CT molecular complexity index is 871. The molecule has 0 heterocycles. The maximum absolute atomic E-state index is 13.1. The normalized spacial score (nSPS) is 10.6. The molecule has 0 spiro atoms. The lowest BCUT2D eigenvalue weighted by Crippen LogP contribution is -2.36. The van der Waals surface area contributed by atoms with Crippen LogP contribution in [0.25, 0.3) is 0 Å². The van der Waals surface area contributed by atoms with Gasteiger partial charge in [-0.25, -0.2) is 0 Å². The molecule has 8 heteroatoms. The lowest BCUT2D eigenvalue weighted by atomic mass is 10.1. The molecule has 150 valence electrons. The van der Waals surface area contributed by atoms with Crippen LogP contribution in [0.3, 0.4) is 0 Å². The molecule has 0 unspecified atom stereocenters. The summed E-state index contributed by atoms with van der Waals surface area (Å²) in [5.74, 6) is -0.112. The lowest BCUT2D eigenvalue weighted by Gasteiger charge is -2.27. The molecule has 0 bridgehead atoms. The monoisotopic (exact) mass is 424 g/mol. The smallest absolute Gasteiger partial charge is 0.255 e. The van der Waals surface area contributed by atoms with Crippen molar-refractivity contribution in [1.82, 2.24) is 4.90 Å². The second-order valence-electron chi connectivity index (χ2n) is 6.40. The number of halogens is 2. The second-order valence-corrected chi connectivity index (χ2v) is 7.21. The van der Waals surface area contributed by atoms with Gasteiger partial charge >= 0.3 is 0 Å². The van der Waals surface area contributed by atoms with Gasteiger partial charge in [0.25, 0.3) is 11.8 Å². The number of primary amides is 1. The zero-order valence-electron chi connectivity index (χ0n) is 15.9. The van der Waals surface area contributed by atoms with Crippen LogP contribution in [-0.4, -0.2) is 36.5 Å². The molecular formula is C20H22Cl2N2O4. The van der Waals surface area contributed by atoms with E-state index in [1.54, 1.807) is 35.2 Å². The summed E-state index contributed by atoms with van der Waals surface area (Å²) in [6.07, 6.45) is 0. The quantitative estimate of drug-likeness (QED) is 0.695. The SMILES string of the molecule is COc1cc(C(=O)N(Cc2ccc(Cl)c(Cl)c2)C(C)C)ccc1OCC(N)=O. The zero-order chi connectivity index (χ0) is 20.8. The molecule has 2 aromatic carbocycles. The molecule has 0 fully saturated rings. The van der Waals surface area contributed by atoms with Crippen LogP contribution in [0.2, 0.25) is 10.0 Å². The fourth-order valence-electron chi connectivity index (χ4n) is 2.56. The minimum atomic E-state index is -0.602. The van der Waals surface area contributed by atoms with E-state index in [4.69, 9.17) is 38.4 Å². The Balaban J connectivity index is 2.26. The molecule has 0 atom stereocenters. The molecule has 2 N–H and O–H groups in total. The molecule has 0 aliphatic heterocycles. The minimum absolute atomic E-state index is 0.0567. The van der Waals surface area contributed by atoms with Crippen molar-refractivity contribution < 1.29 is 19.1 Å². The number of benzene rings is 2. The Kier molecular flexibility index (Phi) is 7.54. The van der Waals surface area contributed by atoms with Crippen LogP contribution in [-0.2, 0) is 11.3 Å². The van der Waals surface area contributed by atoms with E-state index in [1.807, 2.05) is 19.9 Å². The van der Waals surface area contributed by atoms with Gasteiger partial charge in [0.15, 0.2) is 18.1 Å². The summed E-state index contributed by atoms with van der Waals surface area (Å²) in [5.41, 5.74) is 6.39. The van der Waals surface area contributed by atoms with Gasteiger partial charge in [0, 0.05) is 18.2 Å². The first-order chi connectivity index (χ1) is 13.2. The van der Waals surface area contributed by atoms with E-state index in [9.17, 15) is 9.59 Å². The van der Waals surface area contributed by atoms with Gasteiger partial charge in [0.05, 0.1) is 17.2 Å². The van der Waals surface area contributed by atoms with Crippen molar-refractivity contribution in [3.63, 3.8) is 0 Å². The Labute approximate surface area is 174 Å². The highest BCUT2D eigenvalue weighted by atomic mass is 35.5. The Morgan fingerprint density at radius 1 is 1.07 bits per heavy atom. The van der Waals surface area contributed by atoms with Crippen molar-refractivity contribution in [1.29, 1.82) is 0 Å². The summed E-state index contributed by atoms with van der Waals surface area (Å²) in [6.45, 7) is 3.95. The number of carbonyl (C=O) groups is 2. The topological polar surface area (TPSA) is 81.9 Å². The molecule has 0 aliphatic rings. The Morgan fingerprint density at radius 3 is 2.36 bits per heavy atom. The van der Waals surface area contributed by atoms with Gasteiger partial charge < -0.3 is 20.1 Å². The number of nitrogens with two attached hydrogens (primary N) is 1. The van der Waals surface area contributed by atoms with Crippen LogP contribution in [0.15, 0.2) is 36.4 Å². The van der Waals surface area contributed by atoms with Crippen molar-refractivity contribution in [2.75, 3.05) is 13.7 Å². The van der Waals surface area contributed by atoms with E-state index >= 15 is 0 Å². The van der Waals surface area contributed by atoms with Crippen LogP contribution in [0.5, 0.6) is 11.5 Å². The van der Waals surface area contributed by atoms with Crippen LogP contribution >= 0.6 is 23.2 Å². The van der Waals surface area contributed by atoms with Gasteiger partial charge in [0.2, 0.25) is 0 Å². The predicted molar refractivity (Wildman–Crippen MR) is 109 cm³/mol. The van der Waals surface area contributed by atoms with E-state index in [0.717, 1.165) is 5.56 Å². The van der Waals surface area contributed by atoms with Gasteiger partial charge in [-0.15, -0.1) is 0 Å². The zero-order valence-corrected chi connectivity index (χ0v) is 17.4. The molecule has 2 aromatic rings. The van der Waals surface area contributed by atoms with Crippen molar-refractivity contribution in [3.8, 4) is 11.5 Å². The molecule has 2 rings (SSSR count). The van der Waals surface area contributed by atoms with E-state index in [1.165, 1.54) is 7.11 Å². The molecule has 0 saturated carbocycles. The molecule has 0 saturated heterocycles. The average Bonchev–Trinajstić information content (AvgIpc) is 2.66. The maximum atomic E-state index is 13.1. The summed E-state index contributed by atoms with van der Waals surface area (Å²) in [7, 11) is 1.46. The fraction of sp³-hybridized carbons (Fsp3) is 0.300. The van der Waals surface area contributed by atoms with Gasteiger partial charge in [-0.1, -0.05) is 29.3 Å². The number of carbonyl (C=O) groups excluding carboxylic acids is 2. The summed E-state index contributed by atoms with van der Waals surface area (Å²) >= 11 is 12.0. The first kappa shape index (κ1) is 21.9. The Hall–Kier alpha value is -2.44. The van der Waals surface area contributed by atoms with Gasteiger partial charge in [-0.05, 0) is 49.7 Å². The third kappa shape index (κ3) is 5.53. The van der Waals surface area contributed by atoms with E-state index in [2.05, 4.69) is 0 Å². The highest BCUT2D eigenvalue weighted by Gasteiger charge is 2.21. The van der Waals surface area contributed by atoms with Crippen LogP contribution in [0.1, 0.15) is 29.8 Å². The van der Waals surface area contributed by atoms with E-state index in [-0.39, 0.29) is 18.6 Å². The number of nitrogens with zero attached hydrogens (tertiary/aromatic N) is 1. The predicted octanol–water partition coefficient (Wildman–Crippen LogP) is 3.92. The second kappa shape index (κ2) is 9.66. The third-order valence-electron chi connectivity index (χ3n) is 4.00. The molecule has 0 radical (unpaired) electrons. The molecular weight excluding hydrogens is 403 g/mol. The molecule has 6 nitrogen and oxygen atoms in total. The first-order valence-electron chi connectivity index (χ1n) is 8.57. The summed E-state index contributed by atoms with van der Waals surface area (Å²) in [4.78, 5) is 25.7. The number of rotatable bonds is 8. The van der Waals surface area contributed by atoms with Crippen LogP contribution in [0, 0.1) is 0 Å². The average molecular weight is 425 g/mol. The summed E-state index contributed by atoms with van der Waals surface area (Å²) in [6, 6.07) is 9.99. The van der Waals surface area contributed by atoms with E-state index in [0.29, 0.717) is 33.7 Å². The summed E-state index contributed by atoms with van der Waals surface area (Å²) in [5, 5.41) is 0.900. The van der Waals surface area contributed by atoms with Crippen molar-refractivity contribution >= 4 is 35.0 Å². The van der Waals surface area contributed by atoms with Crippen LogP contribution < -0.4 is 15.2 Å². The molecule has 2 amide bonds. The minimum Gasteiger partial charge on any atom is -0.493 e. The van der Waals surface area contributed by atoms with Crippen molar-refractivity contribution in [2.45, 2.75) is 26.4 Å². The standard InChI is InChI=1S/C20H22Cl2N2O4/c1-12(2)24(10-13-4-6-15(21)16(22)8-13)20(26)14-5-7-17(18(9-14)27-3)28-11-19(23)25/h4-9,12H,10-11H2,1-3H3,(H2,23,25). The fourth-order valence-corrected chi connectivity index (χ4v) is 2.88. The number of hydrogen-bond acceptors (Lipinski definition) is 4.